The van der Waals surface area contributed by atoms with Crippen molar-refractivity contribution >= 4 is 5.91 Å². The summed E-state index contributed by atoms with van der Waals surface area (Å²) in [7, 11) is 0. The molecule has 19 heavy (non-hydrogen) atoms. The van der Waals surface area contributed by atoms with Crippen molar-refractivity contribution in [1.29, 1.82) is 0 Å². The molecule has 0 aliphatic carbocycles. The number of nitrogens with two attached hydrogens (primary N) is 1. The third-order valence-electron chi connectivity index (χ3n) is 3.25. The Balaban J connectivity index is 2.46. The summed E-state index contributed by atoms with van der Waals surface area (Å²) in [6, 6.07) is 15.7. The second-order valence-electron chi connectivity index (χ2n) is 5.74. The van der Waals surface area contributed by atoms with Crippen LogP contribution in [0.5, 0.6) is 0 Å². The molecule has 2 heteroatoms. The van der Waals surface area contributed by atoms with Crippen molar-refractivity contribution < 1.29 is 4.79 Å². The summed E-state index contributed by atoms with van der Waals surface area (Å²) in [6.45, 7) is 6.54. The van der Waals surface area contributed by atoms with E-state index in [0.29, 0.717) is 5.56 Å². The van der Waals surface area contributed by atoms with Gasteiger partial charge in [-0.15, -0.1) is 0 Å². The van der Waals surface area contributed by atoms with E-state index in [-0.39, 0.29) is 5.41 Å². The lowest BCUT2D eigenvalue weighted by atomic mass is 9.86. The van der Waals surface area contributed by atoms with Crippen LogP contribution < -0.4 is 5.73 Å². The molecule has 0 spiro atoms. The molecule has 0 fully saturated rings. The maximum atomic E-state index is 11.4. The fraction of sp³-hybridized carbons (Fsp3) is 0.235. The van der Waals surface area contributed by atoms with Gasteiger partial charge in [-0.1, -0.05) is 63.2 Å². The molecule has 2 aromatic rings. The fourth-order valence-corrected chi connectivity index (χ4v) is 2.10. The number of amides is 1. The fourth-order valence-electron chi connectivity index (χ4n) is 2.10. The van der Waals surface area contributed by atoms with Crippen LogP contribution in [0.15, 0.2) is 48.5 Å². The van der Waals surface area contributed by atoms with E-state index in [1.807, 2.05) is 30.3 Å². The van der Waals surface area contributed by atoms with Crippen LogP contribution >= 0.6 is 0 Å². The summed E-state index contributed by atoms with van der Waals surface area (Å²) >= 11 is 0. The van der Waals surface area contributed by atoms with Gasteiger partial charge < -0.3 is 5.73 Å². The van der Waals surface area contributed by atoms with Crippen LogP contribution in [0.1, 0.15) is 36.7 Å². The van der Waals surface area contributed by atoms with Crippen LogP contribution in [-0.4, -0.2) is 5.91 Å². The highest BCUT2D eigenvalue weighted by Crippen LogP contribution is 2.27. The predicted molar refractivity (Wildman–Crippen MR) is 79.1 cm³/mol. The average Bonchev–Trinajstić information content (AvgIpc) is 2.38. The van der Waals surface area contributed by atoms with E-state index in [2.05, 4.69) is 32.9 Å². The van der Waals surface area contributed by atoms with Gasteiger partial charge in [-0.25, -0.2) is 0 Å². The van der Waals surface area contributed by atoms with Gasteiger partial charge in [0.2, 0.25) is 5.91 Å². The van der Waals surface area contributed by atoms with Gasteiger partial charge in [0.1, 0.15) is 0 Å². The Bertz CT molecular complexity index is 591. The average molecular weight is 253 g/mol. The SMILES string of the molecule is CC(C)(C)c1ccc(-c2ccccc2C(N)=O)cc1. The molecule has 2 aromatic carbocycles. The van der Waals surface area contributed by atoms with E-state index in [1.54, 1.807) is 6.07 Å². The number of carbonyl (C=O) groups excluding carboxylic acids is 1. The molecule has 0 bridgehead atoms. The largest absolute Gasteiger partial charge is 0.366 e. The molecular formula is C17H19NO. The third-order valence-corrected chi connectivity index (χ3v) is 3.25. The Labute approximate surface area is 114 Å². The summed E-state index contributed by atoms with van der Waals surface area (Å²) in [4.78, 5) is 11.4. The zero-order valence-electron chi connectivity index (χ0n) is 11.6. The highest BCUT2D eigenvalue weighted by molar-refractivity contribution is 5.99. The minimum absolute atomic E-state index is 0.127. The highest BCUT2D eigenvalue weighted by atomic mass is 16.1. The standard InChI is InChI=1S/C17H19NO/c1-17(2,3)13-10-8-12(9-11-13)14-6-4-5-7-15(14)16(18)19/h4-11H,1-3H3,(H2,18,19). The quantitative estimate of drug-likeness (QED) is 0.870. The van der Waals surface area contributed by atoms with Crippen LogP contribution in [0.2, 0.25) is 0 Å². The number of primary amides is 1. The zero-order chi connectivity index (χ0) is 14.0. The topological polar surface area (TPSA) is 43.1 Å². The molecular weight excluding hydrogens is 234 g/mol. The van der Waals surface area contributed by atoms with Crippen molar-refractivity contribution in [3.8, 4) is 11.1 Å². The van der Waals surface area contributed by atoms with Crippen LogP contribution in [0.4, 0.5) is 0 Å². The highest BCUT2D eigenvalue weighted by Gasteiger charge is 2.14. The molecule has 2 N–H and O–H groups in total. The number of rotatable bonds is 2. The van der Waals surface area contributed by atoms with Gasteiger partial charge in [-0.3, -0.25) is 4.79 Å². The number of carbonyl (C=O) groups is 1. The lowest BCUT2D eigenvalue weighted by Crippen LogP contribution is -2.12. The number of hydrogen-bond acceptors (Lipinski definition) is 1. The lowest BCUT2D eigenvalue weighted by Gasteiger charge is -2.19. The van der Waals surface area contributed by atoms with E-state index in [4.69, 9.17) is 5.73 Å². The molecule has 0 aromatic heterocycles. The molecule has 0 saturated heterocycles. The van der Waals surface area contributed by atoms with Gasteiger partial charge in [0.05, 0.1) is 0 Å². The molecule has 2 nitrogen and oxygen atoms in total. The van der Waals surface area contributed by atoms with Crippen molar-refractivity contribution in [2.24, 2.45) is 5.73 Å². The second-order valence-corrected chi connectivity index (χ2v) is 5.74. The summed E-state index contributed by atoms with van der Waals surface area (Å²) < 4.78 is 0. The van der Waals surface area contributed by atoms with Gasteiger partial charge in [-0.2, -0.15) is 0 Å². The van der Waals surface area contributed by atoms with Gasteiger partial charge in [-0.05, 0) is 28.2 Å². The first-order chi connectivity index (χ1) is 8.89. The van der Waals surface area contributed by atoms with Crippen molar-refractivity contribution in [3.05, 3.63) is 59.7 Å². The molecule has 98 valence electrons. The van der Waals surface area contributed by atoms with Crippen LogP contribution in [0, 0.1) is 0 Å². The maximum absolute atomic E-state index is 11.4. The third kappa shape index (κ3) is 2.84. The Morgan fingerprint density at radius 1 is 0.947 bits per heavy atom. The normalized spacial score (nSPS) is 11.3. The molecule has 0 radical (unpaired) electrons. The lowest BCUT2D eigenvalue weighted by molar-refractivity contribution is 0.100. The minimum Gasteiger partial charge on any atom is -0.366 e. The second kappa shape index (κ2) is 4.88. The van der Waals surface area contributed by atoms with E-state index in [9.17, 15) is 4.79 Å². The smallest absolute Gasteiger partial charge is 0.249 e. The van der Waals surface area contributed by atoms with Gasteiger partial charge in [0.25, 0.3) is 0 Å². The summed E-state index contributed by atoms with van der Waals surface area (Å²) in [6.07, 6.45) is 0. The Morgan fingerprint density at radius 3 is 2.05 bits per heavy atom. The van der Waals surface area contributed by atoms with Crippen molar-refractivity contribution in [2.45, 2.75) is 26.2 Å². The predicted octanol–water partition coefficient (Wildman–Crippen LogP) is 3.75. The van der Waals surface area contributed by atoms with E-state index in [0.717, 1.165) is 11.1 Å². The molecule has 0 atom stereocenters. The van der Waals surface area contributed by atoms with E-state index < -0.39 is 5.91 Å². The summed E-state index contributed by atoms with van der Waals surface area (Å²) in [5, 5.41) is 0. The van der Waals surface area contributed by atoms with Crippen molar-refractivity contribution in [3.63, 3.8) is 0 Å². The van der Waals surface area contributed by atoms with Crippen LogP contribution in [-0.2, 0) is 5.41 Å². The van der Waals surface area contributed by atoms with Crippen molar-refractivity contribution in [2.75, 3.05) is 0 Å². The van der Waals surface area contributed by atoms with Crippen molar-refractivity contribution in [1.82, 2.24) is 0 Å². The number of benzene rings is 2. The Kier molecular flexibility index (Phi) is 3.43. The molecule has 2 rings (SSSR count). The Morgan fingerprint density at radius 2 is 1.53 bits per heavy atom. The van der Waals surface area contributed by atoms with E-state index in [1.165, 1.54) is 5.56 Å². The van der Waals surface area contributed by atoms with Gasteiger partial charge in [0.15, 0.2) is 0 Å². The molecule has 0 aliphatic rings. The molecule has 0 heterocycles. The molecule has 0 aliphatic heterocycles. The first kappa shape index (κ1) is 13.3. The van der Waals surface area contributed by atoms with Crippen LogP contribution in [0.3, 0.4) is 0 Å². The number of hydrogen-bond donors (Lipinski definition) is 1. The maximum Gasteiger partial charge on any atom is 0.249 e. The molecule has 0 saturated carbocycles. The van der Waals surface area contributed by atoms with Gasteiger partial charge in [0, 0.05) is 5.56 Å². The minimum atomic E-state index is -0.393. The zero-order valence-corrected chi connectivity index (χ0v) is 11.6. The molecule has 1 amide bonds. The van der Waals surface area contributed by atoms with Crippen LogP contribution in [0.25, 0.3) is 11.1 Å². The van der Waals surface area contributed by atoms with Gasteiger partial charge >= 0.3 is 0 Å². The van der Waals surface area contributed by atoms with E-state index >= 15 is 0 Å². The Hall–Kier alpha value is -2.09. The first-order valence-electron chi connectivity index (χ1n) is 6.39. The summed E-state index contributed by atoms with van der Waals surface area (Å²) in [5.41, 5.74) is 9.27. The first-order valence-corrected chi connectivity index (χ1v) is 6.39. The molecule has 0 unspecified atom stereocenters. The monoisotopic (exact) mass is 253 g/mol. The summed E-state index contributed by atoms with van der Waals surface area (Å²) in [5.74, 6) is -0.393.